The Labute approximate surface area is 168 Å². The van der Waals surface area contributed by atoms with E-state index >= 15 is 0 Å². The van der Waals surface area contributed by atoms with Crippen molar-refractivity contribution in [1.82, 2.24) is 0 Å². The number of rotatable bonds is 7. The van der Waals surface area contributed by atoms with Gasteiger partial charge in [-0.2, -0.15) is 0 Å². The second-order valence-electron chi connectivity index (χ2n) is 7.11. The van der Waals surface area contributed by atoms with Gasteiger partial charge in [0, 0.05) is 18.2 Å². The van der Waals surface area contributed by atoms with Gasteiger partial charge in [0.15, 0.2) is 6.54 Å². The van der Waals surface area contributed by atoms with Gasteiger partial charge in [-0.1, -0.05) is 48.5 Å². The Bertz CT molecular complexity index is 744. The third-order valence-corrected chi connectivity index (χ3v) is 4.93. The Kier molecular flexibility index (Phi) is 9.39. The number of anilines is 1. The number of para-hydroxylation sites is 1. The van der Waals surface area contributed by atoms with Gasteiger partial charge >= 0.3 is 0 Å². The highest BCUT2D eigenvalue weighted by molar-refractivity contribution is 5.93. The molecule has 0 heterocycles. The Morgan fingerprint density at radius 2 is 1.43 bits per heavy atom. The number of quaternary nitrogens is 1. The summed E-state index contributed by atoms with van der Waals surface area (Å²) in [5.41, 5.74) is 4.45. The number of hydrogen-bond acceptors (Lipinski definition) is 2. The van der Waals surface area contributed by atoms with Gasteiger partial charge < -0.3 is 14.9 Å². The van der Waals surface area contributed by atoms with Crippen molar-refractivity contribution in [3.63, 3.8) is 0 Å². The minimum atomic E-state index is -0.833. The molecule has 0 aliphatic rings. The first-order chi connectivity index (χ1) is 13.2. The molecule has 0 radical (unpaired) electrons. The van der Waals surface area contributed by atoms with E-state index in [1.807, 2.05) is 38.1 Å². The van der Waals surface area contributed by atoms with Crippen molar-refractivity contribution in [2.75, 3.05) is 25.0 Å². The Morgan fingerprint density at radius 3 is 1.89 bits per heavy atom. The summed E-state index contributed by atoms with van der Waals surface area (Å²) in [6.45, 7) is 12.7. The van der Waals surface area contributed by atoms with Gasteiger partial charge in [0.25, 0.3) is 11.9 Å². The van der Waals surface area contributed by atoms with Gasteiger partial charge in [-0.05, 0) is 38.8 Å². The number of hydrogen-bond donors (Lipinski definition) is 2. The maximum atomic E-state index is 12.7. The third-order valence-electron chi connectivity index (χ3n) is 4.93. The van der Waals surface area contributed by atoms with Gasteiger partial charge in [-0.15, -0.1) is 0 Å². The van der Waals surface area contributed by atoms with Crippen LogP contribution in [0.2, 0.25) is 0 Å². The standard InChI is InChI=1S/C21H28N2O.C2H4O2/c1-5-23(6-2,15-19-13-8-7-9-14-19)16-20(24)22-21-17(3)11-10-12-18(21)4;1-2(3)4/h7-14H,5-6,15-16H2,1-4H3;1H3,(H,3,4)/p+1. The lowest BCUT2D eigenvalue weighted by Crippen LogP contribution is -2.51. The lowest BCUT2D eigenvalue weighted by atomic mass is 10.1. The van der Waals surface area contributed by atoms with Crippen LogP contribution in [-0.2, 0) is 16.1 Å². The number of carbonyl (C=O) groups excluding carboxylic acids is 1. The maximum absolute atomic E-state index is 12.7. The van der Waals surface area contributed by atoms with Crippen molar-refractivity contribution >= 4 is 17.6 Å². The number of carboxylic acids is 1. The summed E-state index contributed by atoms with van der Waals surface area (Å²) >= 11 is 0. The summed E-state index contributed by atoms with van der Waals surface area (Å²) in [4.78, 5) is 21.7. The number of likely N-dealkylation sites (N-methyl/N-ethyl adjacent to an activating group) is 1. The molecule has 0 unspecified atom stereocenters. The quantitative estimate of drug-likeness (QED) is 0.695. The van der Waals surface area contributed by atoms with Crippen molar-refractivity contribution < 1.29 is 19.2 Å². The Morgan fingerprint density at radius 1 is 0.929 bits per heavy atom. The van der Waals surface area contributed by atoms with Crippen LogP contribution in [-0.4, -0.2) is 41.1 Å². The van der Waals surface area contributed by atoms with Gasteiger partial charge in [0.1, 0.15) is 6.54 Å². The van der Waals surface area contributed by atoms with Crippen LogP contribution in [0.15, 0.2) is 48.5 Å². The van der Waals surface area contributed by atoms with E-state index in [1.165, 1.54) is 5.56 Å². The van der Waals surface area contributed by atoms with Crippen LogP contribution in [0.3, 0.4) is 0 Å². The number of carboxylic acid groups (broad SMARTS) is 1. The molecule has 2 N–H and O–H groups in total. The topological polar surface area (TPSA) is 66.4 Å². The first kappa shape index (κ1) is 23.4. The number of nitrogens with zero attached hydrogens (tertiary/aromatic N) is 1. The van der Waals surface area contributed by atoms with Crippen LogP contribution in [0.25, 0.3) is 0 Å². The molecule has 0 bridgehead atoms. The molecule has 0 spiro atoms. The molecule has 0 saturated carbocycles. The van der Waals surface area contributed by atoms with Gasteiger partial charge in [0.05, 0.1) is 13.1 Å². The van der Waals surface area contributed by atoms with E-state index in [1.54, 1.807) is 0 Å². The molecule has 5 nitrogen and oxygen atoms in total. The lowest BCUT2D eigenvalue weighted by Gasteiger charge is -2.36. The first-order valence-electron chi connectivity index (χ1n) is 9.67. The van der Waals surface area contributed by atoms with E-state index in [2.05, 4.69) is 43.4 Å². The third kappa shape index (κ3) is 7.53. The molecule has 1 amide bonds. The summed E-state index contributed by atoms with van der Waals surface area (Å²) in [6, 6.07) is 16.5. The zero-order chi connectivity index (χ0) is 21.2. The molecule has 0 aliphatic heterocycles. The smallest absolute Gasteiger partial charge is 0.300 e. The van der Waals surface area contributed by atoms with Gasteiger partial charge in [0.2, 0.25) is 0 Å². The zero-order valence-corrected chi connectivity index (χ0v) is 17.7. The van der Waals surface area contributed by atoms with E-state index in [4.69, 9.17) is 9.90 Å². The fourth-order valence-electron chi connectivity index (χ4n) is 3.19. The number of aliphatic carboxylic acids is 1. The van der Waals surface area contributed by atoms with E-state index in [0.717, 1.165) is 47.9 Å². The van der Waals surface area contributed by atoms with E-state index in [0.29, 0.717) is 6.54 Å². The number of aryl methyl sites for hydroxylation is 2. The van der Waals surface area contributed by atoms with Crippen LogP contribution >= 0.6 is 0 Å². The number of carbonyl (C=O) groups is 2. The van der Waals surface area contributed by atoms with Crippen LogP contribution in [0.1, 0.15) is 37.5 Å². The highest BCUT2D eigenvalue weighted by atomic mass is 16.4. The van der Waals surface area contributed by atoms with E-state index in [9.17, 15) is 4.79 Å². The molecule has 0 aliphatic carbocycles. The molecular weight excluding hydrogens is 352 g/mol. The molecule has 0 saturated heterocycles. The number of nitrogens with one attached hydrogen (secondary N) is 1. The number of benzene rings is 2. The first-order valence-corrected chi connectivity index (χ1v) is 9.67. The summed E-state index contributed by atoms with van der Waals surface area (Å²) in [7, 11) is 0. The fourth-order valence-corrected chi connectivity index (χ4v) is 3.19. The monoisotopic (exact) mass is 385 g/mol. The Balaban J connectivity index is 0.000000892. The molecule has 2 aromatic rings. The highest BCUT2D eigenvalue weighted by Gasteiger charge is 2.27. The summed E-state index contributed by atoms with van der Waals surface area (Å²) in [5.74, 6) is -0.743. The summed E-state index contributed by atoms with van der Waals surface area (Å²) in [6.07, 6.45) is 0. The lowest BCUT2D eigenvalue weighted by molar-refractivity contribution is -0.930. The second-order valence-corrected chi connectivity index (χ2v) is 7.11. The molecule has 152 valence electrons. The van der Waals surface area contributed by atoms with Crippen molar-refractivity contribution in [2.45, 2.75) is 41.2 Å². The van der Waals surface area contributed by atoms with Crippen LogP contribution < -0.4 is 5.32 Å². The van der Waals surface area contributed by atoms with Crippen LogP contribution in [0, 0.1) is 13.8 Å². The maximum Gasteiger partial charge on any atom is 0.300 e. The Hall–Kier alpha value is -2.66. The predicted molar refractivity (Wildman–Crippen MR) is 114 cm³/mol. The van der Waals surface area contributed by atoms with Crippen molar-refractivity contribution in [3.8, 4) is 0 Å². The van der Waals surface area contributed by atoms with Crippen LogP contribution in [0.5, 0.6) is 0 Å². The van der Waals surface area contributed by atoms with Crippen molar-refractivity contribution in [1.29, 1.82) is 0 Å². The molecule has 28 heavy (non-hydrogen) atoms. The molecule has 2 rings (SSSR count). The van der Waals surface area contributed by atoms with Crippen LogP contribution in [0.4, 0.5) is 5.69 Å². The largest absolute Gasteiger partial charge is 0.481 e. The van der Waals surface area contributed by atoms with Crippen molar-refractivity contribution in [3.05, 3.63) is 65.2 Å². The fraction of sp³-hybridized carbons (Fsp3) is 0.391. The zero-order valence-electron chi connectivity index (χ0n) is 17.7. The van der Waals surface area contributed by atoms with Crippen molar-refractivity contribution in [2.24, 2.45) is 0 Å². The molecule has 0 fully saturated rings. The second kappa shape index (κ2) is 11.2. The van der Waals surface area contributed by atoms with Gasteiger partial charge in [-0.3, -0.25) is 9.59 Å². The molecular formula is C23H33N2O3+. The summed E-state index contributed by atoms with van der Waals surface area (Å²) in [5, 5.41) is 10.6. The SMILES string of the molecule is CC(=O)O.CC[N+](CC)(CC(=O)Nc1c(C)cccc1C)Cc1ccccc1. The van der Waals surface area contributed by atoms with E-state index in [-0.39, 0.29) is 5.91 Å². The summed E-state index contributed by atoms with van der Waals surface area (Å²) < 4.78 is 0.765. The number of amides is 1. The average molecular weight is 386 g/mol. The molecule has 0 aromatic heterocycles. The molecule has 0 atom stereocenters. The van der Waals surface area contributed by atoms with E-state index < -0.39 is 5.97 Å². The molecule has 5 heteroatoms. The molecule has 2 aromatic carbocycles. The average Bonchev–Trinajstić information content (AvgIpc) is 2.64. The predicted octanol–water partition coefficient (Wildman–Crippen LogP) is 4.39. The highest BCUT2D eigenvalue weighted by Crippen LogP contribution is 2.20. The minimum Gasteiger partial charge on any atom is -0.481 e. The normalized spacial score (nSPS) is 10.6. The minimum absolute atomic E-state index is 0.0898. The van der Waals surface area contributed by atoms with Gasteiger partial charge in [-0.25, -0.2) is 0 Å².